The summed E-state index contributed by atoms with van der Waals surface area (Å²) >= 11 is 0. The van der Waals surface area contributed by atoms with E-state index in [2.05, 4.69) is 5.92 Å². The van der Waals surface area contributed by atoms with Gasteiger partial charge in [0.1, 0.15) is 11.5 Å². The average Bonchev–Trinajstić information content (AvgIpc) is 2.20. The van der Waals surface area contributed by atoms with Crippen LogP contribution >= 0.6 is 0 Å². The van der Waals surface area contributed by atoms with E-state index in [1.165, 1.54) is 0 Å². The first-order valence-corrected chi connectivity index (χ1v) is 4.38. The van der Waals surface area contributed by atoms with Crippen LogP contribution in [0.4, 0.5) is 0 Å². The Kier molecular flexibility index (Phi) is 3.41. The van der Waals surface area contributed by atoms with Gasteiger partial charge in [0.05, 0.1) is 14.2 Å². The molecule has 0 aliphatic rings. The largest absolute Gasteiger partial charge is 0.496 e. The predicted molar refractivity (Wildman–Crippen MR) is 56.8 cm³/mol. The summed E-state index contributed by atoms with van der Waals surface area (Å²) in [6, 6.07) is 3.86. The standard InChI is InChI=1S/C12H14O2/c1-5-6-10-8-11(13-3)9(2)7-12(10)14-4/h1,7-8H,6H2,2-4H3. The summed E-state index contributed by atoms with van der Waals surface area (Å²) < 4.78 is 10.4. The lowest BCUT2D eigenvalue weighted by Gasteiger charge is -2.11. The van der Waals surface area contributed by atoms with Crippen molar-refractivity contribution in [2.45, 2.75) is 13.3 Å². The zero-order valence-corrected chi connectivity index (χ0v) is 8.76. The first kappa shape index (κ1) is 10.5. The number of rotatable bonds is 3. The summed E-state index contributed by atoms with van der Waals surface area (Å²) in [4.78, 5) is 0. The molecule has 1 aromatic carbocycles. The summed E-state index contributed by atoms with van der Waals surface area (Å²) in [7, 11) is 3.29. The second-order valence-corrected chi connectivity index (χ2v) is 3.01. The van der Waals surface area contributed by atoms with Gasteiger partial charge < -0.3 is 9.47 Å². The highest BCUT2D eigenvalue weighted by molar-refractivity contribution is 5.47. The van der Waals surface area contributed by atoms with Crippen LogP contribution in [0.25, 0.3) is 0 Å². The molecule has 0 aliphatic heterocycles. The van der Waals surface area contributed by atoms with Crippen LogP contribution in [0, 0.1) is 19.3 Å². The second-order valence-electron chi connectivity index (χ2n) is 3.01. The van der Waals surface area contributed by atoms with Crippen LogP contribution in [0.3, 0.4) is 0 Å². The first-order chi connectivity index (χ1) is 6.72. The van der Waals surface area contributed by atoms with Crippen LogP contribution in [0.15, 0.2) is 12.1 Å². The molecular weight excluding hydrogens is 176 g/mol. The summed E-state index contributed by atoms with van der Waals surface area (Å²) in [5.41, 5.74) is 2.03. The van der Waals surface area contributed by atoms with Crippen molar-refractivity contribution < 1.29 is 9.47 Å². The molecule has 2 nitrogen and oxygen atoms in total. The Morgan fingerprint density at radius 1 is 1.21 bits per heavy atom. The summed E-state index contributed by atoms with van der Waals surface area (Å²) in [5, 5.41) is 0. The number of benzene rings is 1. The van der Waals surface area contributed by atoms with E-state index in [1.54, 1.807) is 14.2 Å². The molecule has 1 rings (SSSR count). The van der Waals surface area contributed by atoms with E-state index in [0.29, 0.717) is 6.42 Å². The van der Waals surface area contributed by atoms with Crippen molar-refractivity contribution in [2.75, 3.05) is 14.2 Å². The van der Waals surface area contributed by atoms with E-state index in [0.717, 1.165) is 22.6 Å². The molecule has 0 atom stereocenters. The maximum absolute atomic E-state index is 5.27. The van der Waals surface area contributed by atoms with Gasteiger partial charge in [0.2, 0.25) is 0 Å². The fourth-order valence-electron chi connectivity index (χ4n) is 1.36. The van der Waals surface area contributed by atoms with E-state index in [9.17, 15) is 0 Å². The molecule has 0 amide bonds. The van der Waals surface area contributed by atoms with Crippen molar-refractivity contribution in [1.82, 2.24) is 0 Å². The van der Waals surface area contributed by atoms with Gasteiger partial charge in [-0.05, 0) is 24.6 Å². The molecule has 0 aliphatic carbocycles. The molecule has 0 unspecified atom stereocenters. The fourth-order valence-corrected chi connectivity index (χ4v) is 1.36. The van der Waals surface area contributed by atoms with Gasteiger partial charge in [-0.15, -0.1) is 12.3 Å². The zero-order chi connectivity index (χ0) is 10.6. The molecule has 0 aromatic heterocycles. The molecular formula is C12H14O2. The van der Waals surface area contributed by atoms with Gasteiger partial charge in [-0.3, -0.25) is 0 Å². The lowest BCUT2D eigenvalue weighted by Crippen LogP contribution is -1.95. The Morgan fingerprint density at radius 3 is 2.36 bits per heavy atom. The van der Waals surface area contributed by atoms with Crippen molar-refractivity contribution in [3.05, 3.63) is 23.3 Å². The van der Waals surface area contributed by atoms with E-state index >= 15 is 0 Å². The van der Waals surface area contributed by atoms with E-state index in [-0.39, 0.29) is 0 Å². The van der Waals surface area contributed by atoms with Gasteiger partial charge in [-0.1, -0.05) is 0 Å². The molecule has 0 radical (unpaired) electrons. The van der Waals surface area contributed by atoms with Gasteiger partial charge in [0.15, 0.2) is 0 Å². The molecule has 0 saturated heterocycles. The minimum Gasteiger partial charge on any atom is -0.496 e. The molecule has 1 aromatic rings. The molecule has 0 spiro atoms. The minimum atomic E-state index is 0.555. The molecule has 0 fully saturated rings. The zero-order valence-electron chi connectivity index (χ0n) is 8.76. The molecule has 74 valence electrons. The summed E-state index contributed by atoms with van der Waals surface area (Å²) in [6.07, 6.45) is 5.82. The molecule has 14 heavy (non-hydrogen) atoms. The number of methoxy groups -OCH3 is 2. The highest BCUT2D eigenvalue weighted by Crippen LogP contribution is 2.28. The molecule has 2 heteroatoms. The number of hydrogen-bond acceptors (Lipinski definition) is 2. The van der Waals surface area contributed by atoms with Crippen molar-refractivity contribution >= 4 is 0 Å². The quantitative estimate of drug-likeness (QED) is 0.680. The summed E-state index contributed by atoms with van der Waals surface area (Å²) in [5.74, 6) is 4.26. The van der Waals surface area contributed by atoms with Crippen LogP contribution in [0.1, 0.15) is 11.1 Å². The maximum atomic E-state index is 5.27. The molecule has 0 heterocycles. The number of terminal acetylenes is 1. The smallest absolute Gasteiger partial charge is 0.123 e. The van der Waals surface area contributed by atoms with Crippen molar-refractivity contribution in [3.63, 3.8) is 0 Å². The topological polar surface area (TPSA) is 18.5 Å². The molecule has 0 saturated carbocycles. The Morgan fingerprint density at radius 2 is 1.86 bits per heavy atom. The maximum Gasteiger partial charge on any atom is 0.123 e. The van der Waals surface area contributed by atoms with E-state index in [4.69, 9.17) is 15.9 Å². The lowest BCUT2D eigenvalue weighted by molar-refractivity contribution is 0.397. The van der Waals surface area contributed by atoms with Crippen molar-refractivity contribution in [2.24, 2.45) is 0 Å². The van der Waals surface area contributed by atoms with Gasteiger partial charge in [0.25, 0.3) is 0 Å². The summed E-state index contributed by atoms with van der Waals surface area (Å²) in [6.45, 7) is 1.97. The molecule has 0 N–H and O–H groups in total. The number of aryl methyl sites for hydroxylation is 1. The van der Waals surface area contributed by atoms with Crippen LogP contribution in [0.2, 0.25) is 0 Å². The first-order valence-electron chi connectivity index (χ1n) is 4.38. The van der Waals surface area contributed by atoms with Gasteiger partial charge in [-0.2, -0.15) is 0 Å². The van der Waals surface area contributed by atoms with Crippen molar-refractivity contribution in [1.29, 1.82) is 0 Å². The minimum absolute atomic E-state index is 0.555. The third kappa shape index (κ3) is 2.00. The van der Waals surface area contributed by atoms with E-state index < -0.39 is 0 Å². The number of hydrogen-bond donors (Lipinski definition) is 0. The Hall–Kier alpha value is -1.62. The van der Waals surface area contributed by atoms with Crippen LogP contribution in [-0.2, 0) is 6.42 Å². The van der Waals surface area contributed by atoms with Crippen molar-refractivity contribution in [3.8, 4) is 23.8 Å². The normalized spacial score (nSPS) is 9.29. The highest BCUT2D eigenvalue weighted by atomic mass is 16.5. The van der Waals surface area contributed by atoms with Crippen LogP contribution < -0.4 is 9.47 Å². The lowest BCUT2D eigenvalue weighted by atomic mass is 10.1. The Labute approximate surface area is 84.8 Å². The third-order valence-corrected chi connectivity index (χ3v) is 2.09. The van der Waals surface area contributed by atoms with Crippen LogP contribution in [-0.4, -0.2) is 14.2 Å². The number of ether oxygens (including phenoxy) is 2. The Balaban J connectivity index is 3.19. The van der Waals surface area contributed by atoms with Gasteiger partial charge >= 0.3 is 0 Å². The Bertz CT molecular complexity index is 361. The third-order valence-electron chi connectivity index (χ3n) is 2.09. The van der Waals surface area contributed by atoms with Gasteiger partial charge in [0, 0.05) is 12.0 Å². The van der Waals surface area contributed by atoms with Crippen LogP contribution in [0.5, 0.6) is 11.5 Å². The second kappa shape index (κ2) is 4.57. The fraction of sp³-hybridized carbons (Fsp3) is 0.333. The van der Waals surface area contributed by atoms with E-state index in [1.807, 2.05) is 19.1 Å². The molecule has 0 bridgehead atoms. The SMILES string of the molecule is C#CCc1cc(OC)c(C)cc1OC. The highest BCUT2D eigenvalue weighted by Gasteiger charge is 2.06. The predicted octanol–water partition coefficient (Wildman–Crippen LogP) is 2.19. The monoisotopic (exact) mass is 190 g/mol. The average molecular weight is 190 g/mol. The van der Waals surface area contributed by atoms with Gasteiger partial charge in [-0.25, -0.2) is 0 Å².